The van der Waals surface area contributed by atoms with Crippen molar-refractivity contribution >= 4 is 21.8 Å². The van der Waals surface area contributed by atoms with Crippen LogP contribution in [0.5, 0.6) is 0 Å². The first kappa shape index (κ1) is 27.5. The Morgan fingerprint density at radius 2 is 1.05 bits per heavy atom. The van der Waals surface area contributed by atoms with Gasteiger partial charge >= 0.3 is 0 Å². The van der Waals surface area contributed by atoms with Gasteiger partial charge in [0.05, 0.1) is 16.7 Å². The van der Waals surface area contributed by atoms with Gasteiger partial charge in [0.15, 0.2) is 11.6 Å². The third-order valence-electron chi connectivity index (χ3n) is 8.09. The van der Waals surface area contributed by atoms with E-state index in [1.165, 1.54) is 38.6 Å². The van der Waals surface area contributed by atoms with Crippen molar-refractivity contribution in [2.75, 3.05) is 0 Å². The van der Waals surface area contributed by atoms with Crippen LogP contribution in [-0.2, 0) is 0 Å². The van der Waals surface area contributed by atoms with Crippen LogP contribution >= 0.6 is 0 Å². The monoisotopic (exact) mass is 575 g/mol. The van der Waals surface area contributed by atoms with E-state index in [4.69, 9.17) is 9.97 Å². The molecule has 3 aromatic heterocycles. The molecule has 0 atom stereocenters. The van der Waals surface area contributed by atoms with Crippen LogP contribution in [0.3, 0.4) is 0 Å². The molecule has 0 saturated heterocycles. The van der Waals surface area contributed by atoms with Crippen LogP contribution in [0.1, 0.15) is 40.0 Å². The fourth-order valence-corrected chi connectivity index (χ4v) is 6.55. The summed E-state index contributed by atoms with van der Waals surface area (Å²) in [7, 11) is 0. The van der Waals surface area contributed by atoms with E-state index < -0.39 is 0 Å². The lowest BCUT2D eigenvalue weighted by molar-refractivity contribution is 0.924. The summed E-state index contributed by atoms with van der Waals surface area (Å²) >= 11 is 0. The summed E-state index contributed by atoms with van der Waals surface area (Å²) in [6, 6.07) is 26.2. The summed E-state index contributed by atoms with van der Waals surface area (Å²) in [5.41, 5.74) is 11.2. The van der Waals surface area contributed by atoms with Gasteiger partial charge < -0.3 is 4.57 Å². The Morgan fingerprint density at radius 3 is 1.70 bits per heavy atom. The second kappa shape index (κ2) is 10.5. The quantitative estimate of drug-likeness (QED) is 0.210. The maximum Gasteiger partial charge on any atom is 0.165 e. The molecule has 0 spiro atoms. The summed E-state index contributed by atoms with van der Waals surface area (Å²) in [4.78, 5) is 27.8. The van der Waals surface area contributed by atoms with Gasteiger partial charge in [-0.05, 0) is 101 Å². The molecule has 0 fully saturated rings. The zero-order valence-electron chi connectivity index (χ0n) is 26.1. The van der Waals surface area contributed by atoms with E-state index in [0.29, 0.717) is 34.9 Å². The molecular formula is C37H33N7. The molecule has 4 aromatic carbocycles. The van der Waals surface area contributed by atoms with Gasteiger partial charge in [-0.1, -0.05) is 48.0 Å². The molecule has 0 aliphatic carbocycles. The Kier molecular flexibility index (Phi) is 6.54. The van der Waals surface area contributed by atoms with Crippen molar-refractivity contribution in [1.82, 2.24) is 34.5 Å². The molecule has 0 saturated carbocycles. The highest BCUT2D eigenvalue weighted by molar-refractivity contribution is 6.10. The molecule has 0 unspecified atom stereocenters. The lowest BCUT2D eigenvalue weighted by Crippen LogP contribution is -2.04. The third-order valence-corrected chi connectivity index (χ3v) is 8.09. The molecule has 0 aliphatic heterocycles. The Balaban J connectivity index is 1.56. The number of aromatic nitrogens is 7. The van der Waals surface area contributed by atoms with E-state index >= 15 is 0 Å². The SMILES string of the molecule is Cc1cc(C)c(-c2ccc3c4ccccc4n(-c4ccc(-c5nc(C)nc(C)n5)cc4-c4nc(C)nc(C)n4)c3c2)c(C)c1. The fourth-order valence-electron chi connectivity index (χ4n) is 6.55. The van der Waals surface area contributed by atoms with Crippen molar-refractivity contribution in [2.24, 2.45) is 0 Å². The molecule has 44 heavy (non-hydrogen) atoms. The molecular weight excluding hydrogens is 542 g/mol. The fraction of sp³-hybridized carbons (Fsp3) is 0.189. The molecule has 0 bridgehead atoms. The van der Waals surface area contributed by atoms with Crippen molar-refractivity contribution in [3.63, 3.8) is 0 Å². The zero-order valence-corrected chi connectivity index (χ0v) is 26.1. The normalized spacial score (nSPS) is 11.5. The second-order valence-electron chi connectivity index (χ2n) is 11.6. The highest BCUT2D eigenvalue weighted by atomic mass is 15.0. The molecule has 7 aromatic rings. The molecule has 7 heteroatoms. The first-order valence-corrected chi connectivity index (χ1v) is 14.8. The van der Waals surface area contributed by atoms with Crippen LogP contribution in [0.4, 0.5) is 0 Å². The first-order valence-electron chi connectivity index (χ1n) is 14.8. The summed E-state index contributed by atoms with van der Waals surface area (Å²) in [5.74, 6) is 3.95. The van der Waals surface area contributed by atoms with Crippen molar-refractivity contribution < 1.29 is 0 Å². The van der Waals surface area contributed by atoms with Gasteiger partial charge in [-0.25, -0.2) is 29.9 Å². The minimum atomic E-state index is 0.613. The van der Waals surface area contributed by atoms with E-state index in [9.17, 15) is 0 Å². The van der Waals surface area contributed by atoms with Crippen LogP contribution in [0.15, 0.2) is 72.8 Å². The smallest absolute Gasteiger partial charge is 0.165 e. The topological polar surface area (TPSA) is 82.3 Å². The number of benzene rings is 4. The molecule has 216 valence electrons. The van der Waals surface area contributed by atoms with E-state index in [1.54, 1.807) is 0 Å². The van der Waals surface area contributed by atoms with Crippen LogP contribution < -0.4 is 0 Å². The minimum Gasteiger partial charge on any atom is -0.308 e. The van der Waals surface area contributed by atoms with Crippen molar-refractivity contribution in [3.05, 3.63) is 113 Å². The molecule has 3 heterocycles. The molecule has 7 rings (SSSR count). The predicted octanol–water partition coefficient (Wildman–Crippen LogP) is 8.31. The predicted molar refractivity (Wildman–Crippen MR) is 177 cm³/mol. The maximum absolute atomic E-state index is 4.81. The van der Waals surface area contributed by atoms with Gasteiger partial charge in [0.25, 0.3) is 0 Å². The van der Waals surface area contributed by atoms with Crippen molar-refractivity contribution in [1.29, 1.82) is 0 Å². The molecule has 0 amide bonds. The largest absolute Gasteiger partial charge is 0.308 e. The number of aryl methyl sites for hydroxylation is 7. The van der Waals surface area contributed by atoms with Gasteiger partial charge in [-0.2, -0.15) is 0 Å². The molecule has 0 aliphatic rings. The summed E-state index contributed by atoms with van der Waals surface area (Å²) in [6.07, 6.45) is 0. The van der Waals surface area contributed by atoms with E-state index in [1.807, 2.05) is 27.7 Å². The Labute approximate surface area is 256 Å². The average Bonchev–Trinajstić information content (AvgIpc) is 3.29. The standard InChI is InChI=1S/C37H33N7/c1-20-16-21(2)35(22(3)17-20)27-12-14-30-29-10-8-9-11-32(29)44(34(30)19-27)33-15-13-28(36-40-23(4)38-24(5)41-36)18-31(33)37-42-25(6)39-26(7)43-37/h8-19H,1-7H3. The number of rotatable bonds is 4. The first-order chi connectivity index (χ1) is 21.2. The third kappa shape index (κ3) is 4.71. The lowest BCUT2D eigenvalue weighted by atomic mass is 9.93. The number of hydrogen-bond donors (Lipinski definition) is 0. The van der Waals surface area contributed by atoms with Crippen molar-refractivity contribution in [2.45, 2.75) is 48.5 Å². The van der Waals surface area contributed by atoms with Gasteiger partial charge in [0.1, 0.15) is 23.3 Å². The summed E-state index contributed by atoms with van der Waals surface area (Å²) < 4.78 is 2.34. The van der Waals surface area contributed by atoms with Crippen LogP contribution in [-0.4, -0.2) is 34.5 Å². The number of fused-ring (bicyclic) bond motifs is 3. The molecule has 0 N–H and O–H groups in total. The Morgan fingerprint density at radius 1 is 0.477 bits per heavy atom. The van der Waals surface area contributed by atoms with Gasteiger partial charge in [0, 0.05) is 21.9 Å². The van der Waals surface area contributed by atoms with E-state index in [0.717, 1.165) is 27.8 Å². The second-order valence-corrected chi connectivity index (χ2v) is 11.6. The highest BCUT2D eigenvalue weighted by Crippen LogP contribution is 2.39. The van der Waals surface area contributed by atoms with Gasteiger partial charge in [0.2, 0.25) is 0 Å². The number of nitrogens with zero attached hydrogens (tertiary/aromatic N) is 7. The maximum atomic E-state index is 4.81. The van der Waals surface area contributed by atoms with Crippen LogP contribution in [0.25, 0.3) is 61.4 Å². The minimum absolute atomic E-state index is 0.613. The van der Waals surface area contributed by atoms with Gasteiger partial charge in [-0.15, -0.1) is 0 Å². The van der Waals surface area contributed by atoms with E-state index in [-0.39, 0.29) is 0 Å². The lowest BCUT2D eigenvalue weighted by Gasteiger charge is -2.16. The summed E-state index contributed by atoms with van der Waals surface area (Å²) in [6.45, 7) is 14.1. The number of hydrogen-bond acceptors (Lipinski definition) is 6. The number of para-hydroxylation sites is 1. The molecule has 0 radical (unpaired) electrons. The van der Waals surface area contributed by atoms with E-state index in [2.05, 4.69) is 118 Å². The van der Waals surface area contributed by atoms with Crippen molar-refractivity contribution in [3.8, 4) is 39.6 Å². The Hall–Kier alpha value is -5.30. The van der Waals surface area contributed by atoms with Gasteiger partial charge in [-0.3, -0.25) is 0 Å². The average molecular weight is 576 g/mol. The van der Waals surface area contributed by atoms with Crippen LogP contribution in [0.2, 0.25) is 0 Å². The highest BCUT2D eigenvalue weighted by Gasteiger charge is 2.20. The zero-order chi connectivity index (χ0) is 30.7. The molecule has 7 nitrogen and oxygen atoms in total. The Bertz CT molecular complexity index is 2200. The van der Waals surface area contributed by atoms with Crippen LogP contribution in [0, 0.1) is 48.5 Å². The summed E-state index contributed by atoms with van der Waals surface area (Å²) in [5, 5.41) is 2.38.